The fraction of sp³-hybridized carbons (Fsp3) is 0.516. The first-order valence-corrected chi connectivity index (χ1v) is 15.3. The number of pyridine rings is 1. The summed E-state index contributed by atoms with van der Waals surface area (Å²) in [6.45, 7) is 7.70. The number of halogens is 1. The van der Waals surface area contributed by atoms with Crippen LogP contribution in [0.2, 0.25) is 0 Å². The number of carbonyl (C=O) groups excluding carboxylic acids is 2. The SMILES string of the molecule is CC1NC(=O)C(C)(C)CCCCCCn2c(C3Nc4cc5c(c(Br)c4N3C)CCN(C)C5=O)cc3ccc1nc32. The minimum atomic E-state index is -0.392. The number of carbonyl (C=O) groups is 2. The number of aromatic nitrogens is 2. The summed E-state index contributed by atoms with van der Waals surface area (Å²) in [4.78, 5) is 35.2. The second kappa shape index (κ2) is 10.1. The Morgan fingerprint density at radius 2 is 1.80 bits per heavy atom. The minimum absolute atomic E-state index is 0.0706. The number of fused-ring (bicyclic) bond motifs is 3. The molecule has 2 unspecified atom stereocenters. The highest BCUT2D eigenvalue weighted by molar-refractivity contribution is 9.10. The number of nitrogens with one attached hydrogen (secondary N) is 2. The molecule has 0 aliphatic carbocycles. The normalized spacial score (nSPS) is 23.1. The van der Waals surface area contributed by atoms with Crippen molar-refractivity contribution in [3.05, 3.63) is 51.3 Å². The minimum Gasteiger partial charge on any atom is -0.359 e. The maximum atomic E-state index is 13.1. The van der Waals surface area contributed by atoms with Crippen molar-refractivity contribution >= 4 is 50.2 Å². The van der Waals surface area contributed by atoms with E-state index in [1.807, 2.05) is 40.0 Å². The van der Waals surface area contributed by atoms with Crippen LogP contribution in [0.1, 0.15) is 92.4 Å². The van der Waals surface area contributed by atoms with Crippen LogP contribution in [0.15, 0.2) is 28.7 Å². The predicted molar refractivity (Wildman–Crippen MR) is 163 cm³/mol. The zero-order valence-electron chi connectivity index (χ0n) is 24.1. The van der Waals surface area contributed by atoms with Gasteiger partial charge in [0.2, 0.25) is 5.91 Å². The van der Waals surface area contributed by atoms with E-state index in [1.165, 1.54) is 0 Å². The molecular weight excluding hydrogens is 568 g/mol. The molecule has 0 spiro atoms. The average molecular weight is 608 g/mol. The van der Waals surface area contributed by atoms with Crippen molar-refractivity contribution in [2.75, 3.05) is 30.9 Å². The standard InChI is InChI=1S/C31H39BrN6O2/c1-18-22-11-10-19-16-24(38(27(19)34-22)14-9-7-6-8-13-31(2,3)30(40)33-18)28-35-23-17-21-20(12-15-36(4)29(21)39)25(32)26(23)37(28)5/h10-11,16-18,28,35H,6-9,12-15H2,1-5H3,(H,33,40). The molecule has 2 atom stereocenters. The van der Waals surface area contributed by atoms with Crippen molar-refractivity contribution in [1.82, 2.24) is 19.8 Å². The molecule has 5 heterocycles. The van der Waals surface area contributed by atoms with Crippen molar-refractivity contribution in [2.24, 2.45) is 5.41 Å². The van der Waals surface area contributed by atoms with Crippen molar-refractivity contribution in [3.63, 3.8) is 0 Å². The van der Waals surface area contributed by atoms with Crippen LogP contribution in [-0.2, 0) is 17.8 Å². The van der Waals surface area contributed by atoms with Crippen molar-refractivity contribution in [3.8, 4) is 0 Å². The summed E-state index contributed by atoms with van der Waals surface area (Å²) in [5, 5.41) is 8.04. The second-order valence-electron chi connectivity index (χ2n) is 12.4. The van der Waals surface area contributed by atoms with E-state index in [4.69, 9.17) is 4.98 Å². The van der Waals surface area contributed by atoms with E-state index in [1.54, 1.807) is 4.90 Å². The number of amides is 2. The molecule has 2 aromatic heterocycles. The van der Waals surface area contributed by atoms with Crippen LogP contribution in [0.25, 0.3) is 11.0 Å². The van der Waals surface area contributed by atoms with E-state index in [-0.39, 0.29) is 24.0 Å². The van der Waals surface area contributed by atoms with Gasteiger partial charge in [-0.25, -0.2) is 4.98 Å². The molecule has 9 heteroatoms. The molecule has 2 amide bonds. The quantitative estimate of drug-likeness (QED) is 0.347. The van der Waals surface area contributed by atoms with Crippen molar-refractivity contribution in [1.29, 1.82) is 0 Å². The molecule has 2 bridgehead atoms. The Morgan fingerprint density at radius 1 is 1.02 bits per heavy atom. The zero-order valence-corrected chi connectivity index (χ0v) is 25.7. The van der Waals surface area contributed by atoms with Gasteiger partial charge in [-0.05, 0) is 71.9 Å². The van der Waals surface area contributed by atoms with Crippen molar-refractivity contribution < 1.29 is 9.59 Å². The Hall–Kier alpha value is -3.07. The van der Waals surface area contributed by atoms with Gasteiger partial charge in [0.1, 0.15) is 11.8 Å². The van der Waals surface area contributed by atoms with Gasteiger partial charge in [-0.1, -0.05) is 33.1 Å². The summed E-state index contributed by atoms with van der Waals surface area (Å²) in [6, 6.07) is 8.25. The van der Waals surface area contributed by atoms with Gasteiger partial charge < -0.3 is 25.0 Å². The first-order chi connectivity index (χ1) is 19.1. The summed E-state index contributed by atoms with van der Waals surface area (Å²) in [6.07, 6.45) is 5.92. The summed E-state index contributed by atoms with van der Waals surface area (Å²) in [7, 11) is 3.98. The number of rotatable bonds is 1. The van der Waals surface area contributed by atoms with Gasteiger partial charge in [0.15, 0.2) is 0 Å². The molecule has 0 saturated carbocycles. The summed E-state index contributed by atoms with van der Waals surface area (Å²) >= 11 is 3.87. The van der Waals surface area contributed by atoms with Crippen LogP contribution in [0.5, 0.6) is 0 Å². The van der Waals surface area contributed by atoms with Gasteiger partial charge in [-0.15, -0.1) is 0 Å². The Balaban J connectivity index is 1.40. The van der Waals surface area contributed by atoms with Gasteiger partial charge in [-0.2, -0.15) is 0 Å². The first kappa shape index (κ1) is 27.1. The third-order valence-electron chi connectivity index (χ3n) is 9.07. The van der Waals surface area contributed by atoms with E-state index < -0.39 is 5.41 Å². The molecule has 8 nitrogen and oxygen atoms in total. The molecule has 1 aromatic carbocycles. The molecule has 2 N–H and O–H groups in total. The maximum absolute atomic E-state index is 13.1. The fourth-order valence-corrected chi connectivity index (χ4v) is 7.34. The van der Waals surface area contributed by atoms with Crippen LogP contribution in [-0.4, -0.2) is 46.9 Å². The topological polar surface area (TPSA) is 82.5 Å². The number of hydrogen-bond acceptors (Lipinski definition) is 5. The van der Waals surface area contributed by atoms with E-state index in [0.717, 1.165) is 101 Å². The highest BCUT2D eigenvalue weighted by Gasteiger charge is 2.36. The number of benzene rings is 1. The predicted octanol–water partition coefficient (Wildman–Crippen LogP) is 6.15. The van der Waals surface area contributed by atoms with Crippen LogP contribution < -0.4 is 15.5 Å². The maximum Gasteiger partial charge on any atom is 0.254 e. The molecule has 3 aliphatic heterocycles. The molecule has 3 aliphatic rings. The van der Waals surface area contributed by atoms with Gasteiger partial charge in [-0.3, -0.25) is 9.59 Å². The summed E-state index contributed by atoms with van der Waals surface area (Å²) in [5.74, 6) is 0.156. The summed E-state index contributed by atoms with van der Waals surface area (Å²) < 4.78 is 3.36. The number of nitrogens with zero attached hydrogens (tertiary/aromatic N) is 4. The van der Waals surface area contributed by atoms with Gasteiger partial charge in [0.25, 0.3) is 5.91 Å². The van der Waals surface area contributed by atoms with Crippen LogP contribution in [0, 0.1) is 5.41 Å². The lowest BCUT2D eigenvalue weighted by Gasteiger charge is -2.28. The van der Waals surface area contributed by atoms with E-state index in [0.29, 0.717) is 0 Å². The Morgan fingerprint density at radius 3 is 2.60 bits per heavy atom. The fourth-order valence-electron chi connectivity index (χ4n) is 6.44. The van der Waals surface area contributed by atoms with E-state index >= 15 is 0 Å². The number of hydrogen-bond donors (Lipinski definition) is 2. The Kier molecular flexibility index (Phi) is 6.84. The van der Waals surface area contributed by atoms with Gasteiger partial charge >= 0.3 is 0 Å². The lowest BCUT2D eigenvalue weighted by Crippen LogP contribution is -2.38. The van der Waals surface area contributed by atoms with E-state index in [2.05, 4.69) is 55.2 Å². The van der Waals surface area contributed by atoms with E-state index in [9.17, 15) is 9.59 Å². The van der Waals surface area contributed by atoms with Gasteiger partial charge in [0.05, 0.1) is 28.8 Å². The third kappa shape index (κ3) is 4.46. The highest BCUT2D eigenvalue weighted by atomic mass is 79.9. The lowest BCUT2D eigenvalue weighted by atomic mass is 9.85. The second-order valence-corrected chi connectivity index (χ2v) is 13.2. The molecule has 40 heavy (non-hydrogen) atoms. The highest BCUT2D eigenvalue weighted by Crippen LogP contribution is 2.48. The first-order valence-electron chi connectivity index (χ1n) is 14.5. The van der Waals surface area contributed by atoms with Crippen molar-refractivity contribution in [2.45, 2.75) is 78.0 Å². The van der Waals surface area contributed by atoms with Gasteiger partial charge in [0, 0.05) is 48.0 Å². The van der Waals surface area contributed by atoms with Crippen LogP contribution in [0.3, 0.4) is 0 Å². The largest absolute Gasteiger partial charge is 0.359 e. The zero-order chi connectivity index (χ0) is 28.3. The number of aryl methyl sites for hydroxylation is 1. The third-order valence-corrected chi connectivity index (χ3v) is 9.92. The molecule has 212 valence electrons. The van der Waals surface area contributed by atoms with Crippen LogP contribution >= 0.6 is 15.9 Å². The molecule has 0 saturated heterocycles. The number of likely N-dealkylation sites (N-methyl/N-ethyl adjacent to an activating group) is 1. The molecule has 3 aromatic rings. The Bertz CT molecular complexity index is 1510. The Labute approximate surface area is 244 Å². The monoisotopic (exact) mass is 606 g/mol. The number of anilines is 2. The molecular formula is C31H39BrN6O2. The smallest absolute Gasteiger partial charge is 0.254 e. The average Bonchev–Trinajstić information content (AvgIpc) is 3.44. The summed E-state index contributed by atoms with van der Waals surface area (Å²) in [5.41, 5.74) is 6.49. The molecule has 0 fully saturated rings. The van der Waals surface area contributed by atoms with Crippen LogP contribution in [0.4, 0.5) is 11.4 Å². The molecule has 6 rings (SSSR count). The lowest BCUT2D eigenvalue weighted by molar-refractivity contribution is -0.130. The molecule has 0 radical (unpaired) electrons.